The highest BCUT2D eigenvalue weighted by Gasteiger charge is 2.19. The molecule has 0 saturated carbocycles. The third-order valence-corrected chi connectivity index (χ3v) is 4.75. The Hall–Kier alpha value is -0.890. The maximum atomic E-state index is 12.2. The monoisotopic (exact) mass is 302 g/mol. The molecule has 6 nitrogen and oxygen atoms in total. The molecule has 1 aromatic rings. The molecule has 116 valence electrons. The molecular formula is C13H26N4O2S. The molecule has 1 rings (SSSR count). The van der Waals surface area contributed by atoms with Crippen molar-refractivity contribution in [2.45, 2.75) is 38.3 Å². The highest BCUT2D eigenvalue weighted by Crippen LogP contribution is 2.11. The number of likely N-dealkylation sites (N-methyl/N-ethyl adjacent to an activating group) is 1. The van der Waals surface area contributed by atoms with E-state index in [0.29, 0.717) is 13.1 Å². The number of aromatic nitrogens is 1. The number of aromatic amines is 1. The summed E-state index contributed by atoms with van der Waals surface area (Å²) >= 11 is 0. The minimum Gasteiger partial charge on any atom is -0.363 e. The third-order valence-electron chi connectivity index (χ3n) is 3.18. The molecule has 1 heterocycles. The van der Waals surface area contributed by atoms with Crippen molar-refractivity contribution < 1.29 is 8.42 Å². The van der Waals surface area contributed by atoms with Gasteiger partial charge in [-0.1, -0.05) is 13.8 Å². The van der Waals surface area contributed by atoms with Crippen molar-refractivity contribution in [2.75, 3.05) is 26.7 Å². The fraction of sp³-hybridized carbons (Fsp3) is 0.692. The summed E-state index contributed by atoms with van der Waals surface area (Å²) in [5, 5.41) is 2.98. The number of H-pyrrole nitrogens is 1. The second-order valence-corrected chi connectivity index (χ2v) is 6.61. The van der Waals surface area contributed by atoms with Crippen LogP contribution in [0.25, 0.3) is 0 Å². The molecule has 0 radical (unpaired) electrons. The first-order valence-corrected chi connectivity index (χ1v) is 8.47. The van der Waals surface area contributed by atoms with E-state index in [4.69, 9.17) is 0 Å². The quantitative estimate of drug-likeness (QED) is 0.629. The summed E-state index contributed by atoms with van der Waals surface area (Å²) in [4.78, 5) is 5.43. The van der Waals surface area contributed by atoms with Gasteiger partial charge in [-0.25, -0.2) is 13.1 Å². The minimum absolute atomic E-state index is 0.123. The number of hydrogen-bond donors (Lipinski definition) is 3. The average Bonchev–Trinajstić information content (AvgIpc) is 2.85. The van der Waals surface area contributed by atoms with Gasteiger partial charge in [-0.3, -0.25) is 0 Å². The Morgan fingerprint density at radius 3 is 2.55 bits per heavy atom. The Balaban J connectivity index is 2.68. The lowest BCUT2D eigenvalue weighted by Crippen LogP contribution is -2.41. The first kappa shape index (κ1) is 17.2. The van der Waals surface area contributed by atoms with E-state index in [2.05, 4.69) is 33.8 Å². The second-order valence-electron chi connectivity index (χ2n) is 4.90. The summed E-state index contributed by atoms with van der Waals surface area (Å²) in [5.41, 5.74) is 0.851. The average molecular weight is 302 g/mol. The van der Waals surface area contributed by atoms with Crippen molar-refractivity contribution in [2.24, 2.45) is 0 Å². The van der Waals surface area contributed by atoms with Crippen molar-refractivity contribution in [3.8, 4) is 0 Å². The fourth-order valence-electron chi connectivity index (χ4n) is 2.11. The van der Waals surface area contributed by atoms with Gasteiger partial charge in [0.15, 0.2) is 0 Å². The first-order chi connectivity index (χ1) is 9.42. The first-order valence-electron chi connectivity index (χ1n) is 6.99. The molecule has 0 spiro atoms. The molecule has 3 N–H and O–H groups in total. The SMILES string of the molecule is CCN(CC)CC(C)NS(=O)(=O)c1c[nH]c(CNC)c1. The third kappa shape index (κ3) is 4.90. The van der Waals surface area contributed by atoms with Crippen LogP contribution < -0.4 is 10.0 Å². The van der Waals surface area contributed by atoms with Crippen LogP contribution in [-0.2, 0) is 16.6 Å². The molecule has 1 atom stereocenters. The Bertz CT molecular complexity index is 494. The highest BCUT2D eigenvalue weighted by molar-refractivity contribution is 7.89. The van der Waals surface area contributed by atoms with Crippen molar-refractivity contribution >= 4 is 10.0 Å². The van der Waals surface area contributed by atoms with Gasteiger partial charge in [0, 0.05) is 31.0 Å². The van der Waals surface area contributed by atoms with E-state index in [9.17, 15) is 8.42 Å². The smallest absolute Gasteiger partial charge is 0.242 e. The van der Waals surface area contributed by atoms with Crippen LogP contribution in [0.2, 0.25) is 0 Å². The van der Waals surface area contributed by atoms with E-state index in [-0.39, 0.29) is 10.9 Å². The molecule has 7 heteroatoms. The van der Waals surface area contributed by atoms with Crippen LogP contribution in [0, 0.1) is 0 Å². The van der Waals surface area contributed by atoms with Crippen molar-refractivity contribution in [1.29, 1.82) is 0 Å². The number of hydrogen-bond acceptors (Lipinski definition) is 4. The summed E-state index contributed by atoms with van der Waals surface area (Å²) in [7, 11) is -1.64. The molecule has 1 aromatic heterocycles. The molecule has 0 aromatic carbocycles. The predicted octanol–water partition coefficient (Wildman–Crippen LogP) is 0.743. The maximum absolute atomic E-state index is 12.2. The zero-order valence-electron chi connectivity index (χ0n) is 12.7. The van der Waals surface area contributed by atoms with Crippen LogP contribution >= 0.6 is 0 Å². The van der Waals surface area contributed by atoms with Gasteiger partial charge in [-0.2, -0.15) is 0 Å². The number of sulfonamides is 1. The zero-order valence-corrected chi connectivity index (χ0v) is 13.5. The van der Waals surface area contributed by atoms with E-state index in [1.165, 1.54) is 6.20 Å². The van der Waals surface area contributed by atoms with Crippen LogP contribution in [0.5, 0.6) is 0 Å². The molecule has 20 heavy (non-hydrogen) atoms. The molecular weight excluding hydrogens is 276 g/mol. The standard InChI is InChI=1S/C13H26N4O2S/c1-5-17(6-2)10-11(3)16-20(18,19)13-7-12(8-14-4)15-9-13/h7,9,11,14-16H,5-6,8,10H2,1-4H3. The van der Waals surface area contributed by atoms with E-state index in [0.717, 1.165) is 18.8 Å². The maximum Gasteiger partial charge on any atom is 0.242 e. The highest BCUT2D eigenvalue weighted by atomic mass is 32.2. The molecule has 0 aliphatic rings. The van der Waals surface area contributed by atoms with Crippen molar-refractivity contribution in [1.82, 2.24) is 19.9 Å². The van der Waals surface area contributed by atoms with E-state index in [1.54, 1.807) is 6.07 Å². The van der Waals surface area contributed by atoms with Crippen LogP contribution in [-0.4, -0.2) is 51.0 Å². The Kier molecular flexibility index (Phi) is 6.67. The molecule has 0 bridgehead atoms. The molecule has 0 aliphatic carbocycles. The summed E-state index contributed by atoms with van der Waals surface area (Å²) in [6, 6.07) is 1.53. The summed E-state index contributed by atoms with van der Waals surface area (Å²) in [5.74, 6) is 0. The van der Waals surface area contributed by atoms with Gasteiger partial charge < -0.3 is 15.2 Å². The zero-order chi connectivity index (χ0) is 15.2. The van der Waals surface area contributed by atoms with Crippen LogP contribution in [0.1, 0.15) is 26.5 Å². The Morgan fingerprint density at radius 2 is 2.00 bits per heavy atom. The van der Waals surface area contributed by atoms with Crippen molar-refractivity contribution in [3.63, 3.8) is 0 Å². The van der Waals surface area contributed by atoms with Gasteiger partial charge in [-0.05, 0) is 33.1 Å². The number of nitrogens with one attached hydrogen (secondary N) is 3. The largest absolute Gasteiger partial charge is 0.363 e. The van der Waals surface area contributed by atoms with Crippen molar-refractivity contribution in [3.05, 3.63) is 18.0 Å². The van der Waals surface area contributed by atoms with E-state index in [1.807, 2.05) is 14.0 Å². The molecule has 0 aliphatic heterocycles. The summed E-state index contributed by atoms with van der Waals surface area (Å²) in [6.45, 7) is 9.18. The Labute approximate surface area is 122 Å². The van der Waals surface area contributed by atoms with Crippen LogP contribution in [0.3, 0.4) is 0 Å². The summed E-state index contributed by atoms with van der Waals surface area (Å²) < 4.78 is 27.2. The van der Waals surface area contributed by atoms with Gasteiger partial charge in [0.1, 0.15) is 0 Å². The van der Waals surface area contributed by atoms with Gasteiger partial charge in [0.2, 0.25) is 10.0 Å². The van der Waals surface area contributed by atoms with Gasteiger partial charge in [0.25, 0.3) is 0 Å². The molecule has 0 saturated heterocycles. The lowest BCUT2D eigenvalue weighted by molar-refractivity contribution is 0.282. The lowest BCUT2D eigenvalue weighted by Gasteiger charge is -2.23. The van der Waals surface area contributed by atoms with Gasteiger partial charge >= 0.3 is 0 Å². The van der Waals surface area contributed by atoms with Crippen LogP contribution in [0.4, 0.5) is 0 Å². The van der Waals surface area contributed by atoms with E-state index < -0.39 is 10.0 Å². The van der Waals surface area contributed by atoms with Gasteiger partial charge in [-0.15, -0.1) is 0 Å². The van der Waals surface area contributed by atoms with Crippen LogP contribution in [0.15, 0.2) is 17.2 Å². The molecule has 1 unspecified atom stereocenters. The normalized spacial score (nSPS) is 13.8. The molecule has 0 fully saturated rings. The predicted molar refractivity (Wildman–Crippen MR) is 81.1 cm³/mol. The molecule has 0 amide bonds. The lowest BCUT2D eigenvalue weighted by atomic mass is 10.3. The Morgan fingerprint density at radius 1 is 1.35 bits per heavy atom. The second kappa shape index (κ2) is 7.78. The van der Waals surface area contributed by atoms with E-state index >= 15 is 0 Å². The fourth-order valence-corrected chi connectivity index (χ4v) is 3.36. The summed E-state index contributed by atoms with van der Waals surface area (Å²) in [6.07, 6.45) is 1.53. The topological polar surface area (TPSA) is 77.2 Å². The number of nitrogens with zero attached hydrogens (tertiary/aromatic N) is 1. The minimum atomic E-state index is -3.45. The number of rotatable bonds is 9. The van der Waals surface area contributed by atoms with Gasteiger partial charge in [0.05, 0.1) is 4.90 Å².